The molecule has 0 fully saturated rings. The number of esters is 1. The molecule has 4 nitrogen and oxygen atoms in total. The number of Topliss-reactive ketones (excluding diaryl/α,β-unsaturated/α-hetero) is 2. The molecule has 4 heteroatoms. The second-order valence-electron chi connectivity index (χ2n) is 4.17. The van der Waals surface area contributed by atoms with Crippen molar-refractivity contribution in [1.82, 2.24) is 0 Å². The summed E-state index contributed by atoms with van der Waals surface area (Å²) in [6.45, 7) is 7.04. The van der Waals surface area contributed by atoms with Gasteiger partial charge < -0.3 is 4.74 Å². The molecule has 0 N–H and O–H groups in total. The molecule has 0 saturated carbocycles. The van der Waals surface area contributed by atoms with Crippen LogP contribution in [0.15, 0.2) is 0 Å². The molecule has 0 aliphatic rings. The van der Waals surface area contributed by atoms with Gasteiger partial charge in [-0.15, -0.1) is 0 Å². The summed E-state index contributed by atoms with van der Waals surface area (Å²) < 4.78 is 4.68. The zero-order chi connectivity index (χ0) is 12.8. The topological polar surface area (TPSA) is 60.4 Å². The van der Waals surface area contributed by atoms with Crippen LogP contribution in [0.4, 0.5) is 0 Å². The number of hydrogen-bond acceptors (Lipinski definition) is 4. The van der Waals surface area contributed by atoms with Gasteiger partial charge >= 0.3 is 5.97 Å². The Bertz CT molecular complexity index is 283. The fraction of sp³-hybridized carbons (Fsp3) is 0.750. The van der Waals surface area contributed by atoms with E-state index in [1.54, 1.807) is 13.8 Å². The molecule has 0 heterocycles. The van der Waals surface area contributed by atoms with Crippen LogP contribution in [0.3, 0.4) is 0 Å². The molecule has 0 aromatic carbocycles. The number of carbonyl (C=O) groups is 3. The van der Waals surface area contributed by atoms with Gasteiger partial charge in [-0.1, -0.05) is 13.8 Å². The standard InChI is InChI=1S/C12H20O4/c1-5-12(4,9(3)13)8-10(14)7-11(15)16-6-2/h5-8H2,1-4H3. The van der Waals surface area contributed by atoms with Crippen molar-refractivity contribution in [3.63, 3.8) is 0 Å². The quantitative estimate of drug-likeness (QED) is 0.493. The van der Waals surface area contributed by atoms with E-state index >= 15 is 0 Å². The Morgan fingerprint density at radius 2 is 1.75 bits per heavy atom. The molecule has 0 aromatic heterocycles. The van der Waals surface area contributed by atoms with Gasteiger partial charge in [0.2, 0.25) is 0 Å². The third-order valence-electron chi connectivity index (χ3n) is 2.86. The first-order chi connectivity index (χ1) is 7.35. The van der Waals surface area contributed by atoms with Gasteiger partial charge in [0, 0.05) is 11.8 Å². The van der Waals surface area contributed by atoms with E-state index in [-0.39, 0.29) is 31.0 Å². The maximum Gasteiger partial charge on any atom is 0.313 e. The molecule has 16 heavy (non-hydrogen) atoms. The van der Waals surface area contributed by atoms with Crippen molar-refractivity contribution in [2.75, 3.05) is 6.61 Å². The molecule has 0 saturated heterocycles. The van der Waals surface area contributed by atoms with Crippen LogP contribution >= 0.6 is 0 Å². The van der Waals surface area contributed by atoms with Crippen molar-refractivity contribution in [2.45, 2.75) is 47.0 Å². The molecule has 0 spiro atoms. The zero-order valence-electron chi connectivity index (χ0n) is 10.5. The number of rotatable bonds is 7. The molecular formula is C12H20O4. The van der Waals surface area contributed by atoms with Gasteiger partial charge in [-0.2, -0.15) is 0 Å². The third kappa shape index (κ3) is 4.55. The predicted molar refractivity (Wildman–Crippen MR) is 60.0 cm³/mol. The van der Waals surface area contributed by atoms with Crippen molar-refractivity contribution in [3.8, 4) is 0 Å². The number of ether oxygens (including phenoxy) is 1. The van der Waals surface area contributed by atoms with E-state index in [4.69, 9.17) is 0 Å². The van der Waals surface area contributed by atoms with Crippen LogP contribution in [0.25, 0.3) is 0 Å². The van der Waals surface area contributed by atoms with Gasteiger partial charge in [0.05, 0.1) is 6.61 Å². The zero-order valence-corrected chi connectivity index (χ0v) is 10.5. The van der Waals surface area contributed by atoms with Crippen molar-refractivity contribution in [1.29, 1.82) is 0 Å². The van der Waals surface area contributed by atoms with Crippen molar-refractivity contribution < 1.29 is 19.1 Å². The summed E-state index contributed by atoms with van der Waals surface area (Å²) in [6.07, 6.45) is 0.464. The third-order valence-corrected chi connectivity index (χ3v) is 2.86. The minimum atomic E-state index is -0.649. The molecule has 0 rings (SSSR count). The van der Waals surface area contributed by atoms with Crippen molar-refractivity contribution >= 4 is 17.5 Å². The molecule has 92 valence electrons. The molecule has 0 aromatic rings. The minimum Gasteiger partial charge on any atom is -0.466 e. The first-order valence-electron chi connectivity index (χ1n) is 5.54. The first kappa shape index (κ1) is 14.8. The average molecular weight is 228 g/mol. The minimum absolute atomic E-state index is 0.0211. The van der Waals surface area contributed by atoms with Crippen LogP contribution in [0.5, 0.6) is 0 Å². The second-order valence-corrected chi connectivity index (χ2v) is 4.17. The summed E-state index contributed by atoms with van der Waals surface area (Å²) in [5, 5.41) is 0. The van der Waals surface area contributed by atoms with Crippen LogP contribution in [-0.2, 0) is 19.1 Å². The van der Waals surface area contributed by atoms with Gasteiger partial charge in [0.25, 0.3) is 0 Å². The highest BCUT2D eigenvalue weighted by Crippen LogP contribution is 2.27. The van der Waals surface area contributed by atoms with Gasteiger partial charge in [-0.3, -0.25) is 14.4 Å². The second kappa shape index (κ2) is 6.40. The van der Waals surface area contributed by atoms with E-state index in [9.17, 15) is 14.4 Å². The number of carbonyl (C=O) groups excluding carboxylic acids is 3. The highest BCUT2D eigenvalue weighted by atomic mass is 16.5. The fourth-order valence-electron chi connectivity index (χ4n) is 1.37. The van der Waals surface area contributed by atoms with Crippen LogP contribution in [0.2, 0.25) is 0 Å². The van der Waals surface area contributed by atoms with Gasteiger partial charge in [-0.05, 0) is 20.3 Å². The summed E-state index contributed by atoms with van der Waals surface area (Å²) in [6, 6.07) is 0. The Labute approximate surface area is 96.4 Å². The lowest BCUT2D eigenvalue weighted by atomic mass is 9.78. The number of ketones is 2. The normalized spacial score (nSPS) is 14.0. The van der Waals surface area contributed by atoms with E-state index in [2.05, 4.69) is 4.74 Å². The SMILES string of the molecule is CCOC(=O)CC(=O)CC(C)(CC)C(C)=O. The van der Waals surface area contributed by atoms with Crippen LogP contribution in [-0.4, -0.2) is 24.1 Å². The van der Waals surface area contributed by atoms with E-state index in [1.165, 1.54) is 6.92 Å². The maximum atomic E-state index is 11.6. The first-order valence-corrected chi connectivity index (χ1v) is 5.54. The van der Waals surface area contributed by atoms with Crippen LogP contribution in [0, 0.1) is 5.41 Å². The van der Waals surface area contributed by atoms with Crippen LogP contribution < -0.4 is 0 Å². The van der Waals surface area contributed by atoms with Gasteiger partial charge in [0.1, 0.15) is 18.0 Å². The van der Waals surface area contributed by atoms with E-state index in [1.807, 2.05) is 6.92 Å². The Balaban J connectivity index is 4.32. The lowest BCUT2D eigenvalue weighted by Gasteiger charge is -2.23. The smallest absolute Gasteiger partial charge is 0.313 e. The van der Waals surface area contributed by atoms with Gasteiger partial charge in [-0.25, -0.2) is 0 Å². The molecule has 0 amide bonds. The van der Waals surface area contributed by atoms with Crippen molar-refractivity contribution in [3.05, 3.63) is 0 Å². The van der Waals surface area contributed by atoms with E-state index in [0.29, 0.717) is 6.42 Å². The Morgan fingerprint density at radius 1 is 1.19 bits per heavy atom. The molecule has 1 atom stereocenters. The lowest BCUT2D eigenvalue weighted by molar-refractivity contribution is -0.146. The van der Waals surface area contributed by atoms with Crippen LogP contribution in [0.1, 0.15) is 47.0 Å². The highest BCUT2D eigenvalue weighted by Gasteiger charge is 2.31. The highest BCUT2D eigenvalue weighted by molar-refractivity contribution is 5.98. The monoisotopic (exact) mass is 228 g/mol. The molecule has 0 aliphatic carbocycles. The van der Waals surface area contributed by atoms with Gasteiger partial charge in [0.15, 0.2) is 0 Å². The molecule has 0 bridgehead atoms. The average Bonchev–Trinajstić information content (AvgIpc) is 2.17. The summed E-state index contributed by atoms with van der Waals surface area (Å²) in [5.41, 5.74) is -0.649. The largest absolute Gasteiger partial charge is 0.466 e. The summed E-state index contributed by atoms with van der Waals surface area (Å²) in [4.78, 5) is 34.0. The molecule has 1 unspecified atom stereocenters. The lowest BCUT2D eigenvalue weighted by Crippen LogP contribution is -2.28. The summed E-state index contributed by atoms with van der Waals surface area (Å²) in [5.74, 6) is -0.778. The molecule has 0 aliphatic heterocycles. The molecule has 0 radical (unpaired) electrons. The predicted octanol–water partition coefficient (Wildman–Crippen LogP) is 1.90. The molecular weight excluding hydrogens is 208 g/mol. The van der Waals surface area contributed by atoms with Crippen molar-refractivity contribution in [2.24, 2.45) is 5.41 Å². The number of hydrogen-bond donors (Lipinski definition) is 0. The Hall–Kier alpha value is -1.19. The Morgan fingerprint density at radius 3 is 2.12 bits per heavy atom. The summed E-state index contributed by atoms with van der Waals surface area (Å²) >= 11 is 0. The maximum absolute atomic E-state index is 11.6. The fourth-order valence-corrected chi connectivity index (χ4v) is 1.37. The van der Waals surface area contributed by atoms with E-state index in [0.717, 1.165) is 0 Å². The Kier molecular flexibility index (Phi) is 5.93. The van der Waals surface area contributed by atoms with E-state index < -0.39 is 11.4 Å². The summed E-state index contributed by atoms with van der Waals surface area (Å²) in [7, 11) is 0.